The van der Waals surface area contributed by atoms with E-state index in [-0.39, 0.29) is 30.7 Å². The maximum absolute atomic E-state index is 14.5. The highest BCUT2D eigenvalue weighted by molar-refractivity contribution is 7.94. The summed E-state index contributed by atoms with van der Waals surface area (Å²) in [6.45, 7) is 4.91. The zero-order valence-electron chi connectivity index (χ0n) is 22.8. The van der Waals surface area contributed by atoms with Crippen LogP contribution in [0.25, 0.3) is 0 Å². The predicted molar refractivity (Wildman–Crippen MR) is 135 cm³/mol. The van der Waals surface area contributed by atoms with Crippen molar-refractivity contribution in [3.8, 4) is 0 Å². The molecule has 0 bridgehead atoms. The average Bonchev–Trinajstić information content (AvgIpc) is 3.50. The van der Waals surface area contributed by atoms with Gasteiger partial charge in [-0.1, -0.05) is 27.2 Å². The van der Waals surface area contributed by atoms with Gasteiger partial charge in [0.25, 0.3) is 0 Å². The molecular weight excluding hydrogens is 560 g/mol. The van der Waals surface area contributed by atoms with Gasteiger partial charge < -0.3 is 20.9 Å². The molecule has 4 amide bonds. The molecule has 0 spiro atoms. The third-order valence-corrected chi connectivity index (χ3v) is 8.65. The molecule has 40 heavy (non-hydrogen) atoms. The molecule has 10 nitrogen and oxygen atoms in total. The predicted octanol–water partition coefficient (Wildman–Crippen LogP) is 1.57. The number of carbonyl (C=O) groups excluding carboxylic acids is 4. The Balaban J connectivity index is 1.91. The molecule has 6 atom stereocenters. The maximum atomic E-state index is 14.5. The van der Waals surface area contributed by atoms with Crippen molar-refractivity contribution in [2.45, 2.75) is 77.2 Å². The lowest BCUT2D eigenvalue weighted by atomic mass is 9.85. The SMILES string of the molecule is CC(C)(C)[C@@H](NC(=O)C(F)(F)F)C(=O)N1C[C@H]2CCC[C@H]2[C@H]1C(=O)N[C@H](/C=C(\F)S(C)(=O)=O)C[C@H]1CCNC1=O. The summed E-state index contributed by atoms with van der Waals surface area (Å²) in [4.78, 5) is 52.4. The van der Waals surface area contributed by atoms with E-state index in [1.54, 1.807) is 5.32 Å². The highest BCUT2D eigenvalue weighted by Crippen LogP contribution is 2.43. The third kappa shape index (κ3) is 7.32. The van der Waals surface area contributed by atoms with Crippen molar-refractivity contribution >= 4 is 33.5 Å². The van der Waals surface area contributed by atoms with Gasteiger partial charge in [0.05, 0.1) is 6.04 Å². The second kappa shape index (κ2) is 11.6. The Morgan fingerprint density at radius 2 is 1.77 bits per heavy atom. The number of hydrogen-bond donors (Lipinski definition) is 3. The van der Waals surface area contributed by atoms with Gasteiger partial charge in [-0.2, -0.15) is 17.6 Å². The Morgan fingerprint density at radius 1 is 1.12 bits per heavy atom. The molecule has 2 aliphatic heterocycles. The molecule has 0 aromatic carbocycles. The molecule has 15 heteroatoms. The van der Waals surface area contributed by atoms with Gasteiger partial charge in [-0.05, 0) is 49.0 Å². The molecule has 226 valence electrons. The highest BCUT2D eigenvalue weighted by atomic mass is 32.2. The van der Waals surface area contributed by atoms with Gasteiger partial charge in [0, 0.05) is 25.3 Å². The van der Waals surface area contributed by atoms with Crippen LogP contribution in [0.3, 0.4) is 0 Å². The largest absolute Gasteiger partial charge is 0.471 e. The number of alkyl halides is 3. The Kier molecular flexibility index (Phi) is 9.26. The van der Waals surface area contributed by atoms with Crippen molar-refractivity contribution in [3.63, 3.8) is 0 Å². The molecule has 0 unspecified atom stereocenters. The number of amides is 4. The molecule has 1 saturated carbocycles. The first-order valence-corrected chi connectivity index (χ1v) is 15.0. The zero-order chi connectivity index (χ0) is 30.2. The summed E-state index contributed by atoms with van der Waals surface area (Å²) in [6, 6.07) is -3.95. The summed E-state index contributed by atoms with van der Waals surface area (Å²) < 4.78 is 77.1. The molecule has 3 rings (SSSR count). The summed E-state index contributed by atoms with van der Waals surface area (Å²) >= 11 is 0. The standard InChI is InChI=1S/C25H36F4N4O6S/c1-24(2,3)19(32-23(37)25(27,28)29)22(36)33-12-14-6-5-7-16(14)18(33)21(35)31-15(11-17(26)40(4,38)39)10-13-8-9-30-20(13)34/h11,13-16,18-19H,5-10,12H2,1-4H3,(H,30,34)(H,31,35)(H,32,37)/b17-11+/t13-,14-,15+,16-,18+,19+/m1/s1. The fourth-order valence-corrected chi connectivity index (χ4v) is 6.20. The Labute approximate surface area is 230 Å². The van der Waals surface area contributed by atoms with Crippen molar-refractivity contribution in [1.29, 1.82) is 0 Å². The fourth-order valence-electron chi connectivity index (χ4n) is 5.79. The van der Waals surface area contributed by atoms with E-state index in [2.05, 4.69) is 10.6 Å². The number of hydrogen-bond acceptors (Lipinski definition) is 6. The molecule has 0 aromatic heterocycles. The van der Waals surface area contributed by atoms with Gasteiger partial charge in [0.15, 0.2) is 0 Å². The quantitative estimate of drug-likeness (QED) is 0.364. The van der Waals surface area contributed by atoms with Crippen LogP contribution in [-0.4, -0.2) is 80.6 Å². The number of sulfone groups is 1. The van der Waals surface area contributed by atoms with E-state index >= 15 is 0 Å². The van der Waals surface area contributed by atoms with Crippen LogP contribution in [0.15, 0.2) is 11.2 Å². The Hall–Kier alpha value is -2.71. The van der Waals surface area contributed by atoms with Gasteiger partial charge in [-0.3, -0.25) is 19.2 Å². The minimum absolute atomic E-state index is 0.0826. The lowest BCUT2D eigenvalue weighted by molar-refractivity contribution is -0.176. The van der Waals surface area contributed by atoms with Gasteiger partial charge in [0.1, 0.15) is 12.1 Å². The Bertz CT molecular complexity index is 1170. The van der Waals surface area contributed by atoms with E-state index < -0.39 is 68.4 Å². The van der Waals surface area contributed by atoms with Crippen LogP contribution in [0.1, 0.15) is 52.9 Å². The van der Waals surface area contributed by atoms with Crippen LogP contribution in [0.4, 0.5) is 17.6 Å². The first kappa shape index (κ1) is 31.8. The lowest BCUT2D eigenvalue weighted by Crippen LogP contribution is -2.60. The molecule has 0 aromatic rings. The average molecular weight is 597 g/mol. The maximum Gasteiger partial charge on any atom is 0.471 e. The van der Waals surface area contributed by atoms with Crippen molar-refractivity contribution in [2.24, 2.45) is 23.2 Å². The van der Waals surface area contributed by atoms with Crippen LogP contribution in [-0.2, 0) is 29.0 Å². The van der Waals surface area contributed by atoms with Gasteiger partial charge >= 0.3 is 12.1 Å². The molecule has 0 radical (unpaired) electrons. The van der Waals surface area contributed by atoms with E-state index in [0.717, 1.165) is 6.42 Å². The Morgan fingerprint density at radius 3 is 2.30 bits per heavy atom. The molecule has 2 saturated heterocycles. The molecule has 3 fully saturated rings. The van der Waals surface area contributed by atoms with Gasteiger partial charge in [0.2, 0.25) is 32.7 Å². The molecular formula is C25H36F4N4O6S. The van der Waals surface area contributed by atoms with Crippen molar-refractivity contribution in [1.82, 2.24) is 20.9 Å². The number of fused-ring (bicyclic) bond motifs is 1. The van der Waals surface area contributed by atoms with Crippen LogP contribution in [0.2, 0.25) is 0 Å². The van der Waals surface area contributed by atoms with E-state index in [1.165, 1.54) is 25.7 Å². The molecule has 3 aliphatic rings. The number of nitrogens with zero attached hydrogens (tertiary/aromatic N) is 1. The summed E-state index contributed by atoms with van der Waals surface area (Å²) in [5.74, 6) is -5.25. The third-order valence-electron chi connectivity index (χ3n) is 7.80. The summed E-state index contributed by atoms with van der Waals surface area (Å²) in [6.07, 6.45) is -1.55. The topological polar surface area (TPSA) is 142 Å². The number of nitrogens with one attached hydrogen (secondary N) is 3. The molecule has 3 N–H and O–H groups in total. The zero-order valence-corrected chi connectivity index (χ0v) is 23.6. The summed E-state index contributed by atoms with van der Waals surface area (Å²) in [5.41, 5.74) is -1.14. The van der Waals surface area contributed by atoms with Crippen LogP contribution < -0.4 is 16.0 Å². The van der Waals surface area contributed by atoms with Crippen LogP contribution in [0.5, 0.6) is 0 Å². The minimum Gasteiger partial charge on any atom is -0.356 e. The van der Waals surface area contributed by atoms with Crippen molar-refractivity contribution in [3.05, 3.63) is 11.2 Å². The molecule has 1 aliphatic carbocycles. The number of likely N-dealkylation sites (tertiary alicyclic amines) is 1. The number of carbonyl (C=O) groups is 4. The van der Waals surface area contributed by atoms with Crippen molar-refractivity contribution < 1.29 is 45.2 Å². The van der Waals surface area contributed by atoms with Crippen molar-refractivity contribution in [2.75, 3.05) is 19.3 Å². The van der Waals surface area contributed by atoms with E-state index in [4.69, 9.17) is 0 Å². The first-order valence-electron chi connectivity index (χ1n) is 13.1. The van der Waals surface area contributed by atoms with E-state index in [9.17, 15) is 45.2 Å². The number of halogens is 4. The number of rotatable bonds is 8. The lowest BCUT2D eigenvalue weighted by Gasteiger charge is -2.36. The second-order valence-electron chi connectivity index (χ2n) is 11.9. The summed E-state index contributed by atoms with van der Waals surface area (Å²) in [5, 5.41) is 5.50. The second-order valence-corrected chi connectivity index (χ2v) is 13.9. The highest BCUT2D eigenvalue weighted by Gasteiger charge is 2.53. The molecule has 2 heterocycles. The smallest absolute Gasteiger partial charge is 0.356 e. The van der Waals surface area contributed by atoms with Crippen LogP contribution >= 0.6 is 0 Å². The first-order chi connectivity index (χ1) is 18.3. The fraction of sp³-hybridized carbons (Fsp3) is 0.760. The van der Waals surface area contributed by atoms with E-state index in [0.29, 0.717) is 38.1 Å². The normalized spacial score (nSPS) is 27.1. The van der Waals surface area contributed by atoms with E-state index in [1.807, 2.05) is 0 Å². The van der Waals surface area contributed by atoms with Gasteiger partial charge in [-0.15, -0.1) is 0 Å². The minimum atomic E-state index is -5.22. The van der Waals surface area contributed by atoms with Crippen LogP contribution in [0, 0.1) is 23.2 Å². The monoisotopic (exact) mass is 596 g/mol. The van der Waals surface area contributed by atoms with Gasteiger partial charge in [-0.25, -0.2) is 8.42 Å². The summed E-state index contributed by atoms with van der Waals surface area (Å²) in [7, 11) is -4.24.